The molecule has 1 aromatic carbocycles. The second-order valence-corrected chi connectivity index (χ2v) is 5.98. The van der Waals surface area contributed by atoms with Crippen LogP contribution in [0.3, 0.4) is 0 Å². The van der Waals surface area contributed by atoms with E-state index in [9.17, 15) is 9.59 Å². The molecule has 1 fully saturated rings. The van der Waals surface area contributed by atoms with Gasteiger partial charge in [-0.05, 0) is 37.8 Å². The quantitative estimate of drug-likeness (QED) is 0.645. The average molecular weight is 290 g/mol. The minimum Gasteiger partial charge on any atom is -0.299 e. The molecule has 1 aliphatic rings. The first kappa shape index (κ1) is 15.5. The van der Waals surface area contributed by atoms with E-state index in [4.69, 9.17) is 5.21 Å². The summed E-state index contributed by atoms with van der Waals surface area (Å²) in [6, 6.07) is 6.80. The van der Waals surface area contributed by atoms with Gasteiger partial charge in [-0.25, -0.2) is 5.48 Å². The summed E-state index contributed by atoms with van der Waals surface area (Å²) >= 11 is 0. The number of hydrogen-bond donors (Lipinski definition) is 2. The van der Waals surface area contributed by atoms with Crippen LogP contribution in [0.15, 0.2) is 24.3 Å². The molecule has 1 aromatic rings. The normalized spacial score (nSPS) is 15.7. The average Bonchev–Trinajstić information content (AvgIpc) is 3.28. The molecule has 5 nitrogen and oxygen atoms in total. The monoisotopic (exact) mass is 290 g/mol. The van der Waals surface area contributed by atoms with Crippen molar-refractivity contribution in [3.05, 3.63) is 29.8 Å². The van der Waals surface area contributed by atoms with Gasteiger partial charge in [0.1, 0.15) is 6.04 Å². The highest BCUT2D eigenvalue weighted by atomic mass is 16.5. The number of amides is 2. The first-order valence-corrected chi connectivity index (χ1v) is 7.29. The van der Waals surface area contributed by atoms with Crippen LogP contribution in [0.2, 0.25) is 0 Å². The Balaban J connectivity index is 2.40. The van der Waals surface area contributed by atoms with Crippen molar-refractivity contribution >= 4 is 17.5 Å². The summed E-state index contributed by atoms with van der Waals surface area (Å²) < 4.78 is 0. The maximum atomic E-state index is 12.6. The van der Waals surface area contributed by atoms with Gasteiger partial charge in [-0.3, -0.25) is 19.7 Å². The third-order valence-electron chi connectivity index (χ3n) is 3.76. The van der Waals surface area contributed by atoms with Gasteiger partial charge < -0.3 is 0 Å². The molecule has 114 valence electrons. The highest BCUT2D eigenvalue weighted by Gasteiger charge is 2.40. The summed E-state index contributed by atoms with van der Waals surface area (Å²) in [6.07, 6.45) is 1.74. The van der Waals surface area contributed by atoms with Crippen LogP contribution in [0.4, 0.5) is 5.69 Å². The summed E-state index contributed by atoms with van der Waals surface area (Å²) in [4.78, 5) is 26.2. The molecule has 1 aliphatic carbocycles. The SMILES string of the molecule is Cc1ccc(N(C(=O)C2CC2)[C@@H](C(=O)NO)C(C)C)cc1. The molecule has 21 heavy (non-hydrogen) atoms. The molecule has 0 saturated heterocycles. The number of hydroxylamine groups is 1. The van der Waals surface area contributed by atoms with Gasteiger partial charge in [-0.2, -0.15) is 0 Å². The van der Waals surface area contributed by atoms with Crippen molar-refractivity contribution in [3.63, 3.8) is 0 Å². The Morgan fingerprint density at radius 2 is 1.81 bits per heavy atom. The maximum absolute atomic E-state index is 12.6. The number of carbonyl (C=O) groups is 2. The van der Waals surface area contributed by atoms with Crippen LogP contribution in [0.1, 0.15) is 32.3 Å². The first-order chi connectivity index (χ1) is 9.95. The van der Waals surface area contributed by atoms with Gasteiger partial charge in [0.15, 0.2) is 0 Å². The number of aryl methyl sites for hydroxylation is 1. The van der Waals surface area contributed by atoms with E-state index in [0.29, 0.717) is 5.69 Å². The second-order valence-electron chi connectivity index (χ2n) is 5.98. The van der Waals surface area contributed by atoms with Crippen LogP contribution >= 0.6 is 0 Å². The molecule has 2 amide bonds. The van der Waals surface area contributed by atoms with Crippen molar-refractivity contribution in [2.75, 3.05) is 4.90 Å². The number of nitrogens with zero attached hydrogens (tertiary/aromatic N) is 1. The number of hydrogen-bond acceptors (Lipinski definition) is 3. The highest BCUT2D eigenvalue weighted by Crippen LogP contribution is 2.34. The van der Waals surface area contributed by atoms with E-state index in [2.05, 4.69) is 0 Å². The van der Waals surface area contributed by atoms with Crippen LogP contribution in [0, 0.1) is 18.8 Å². The standard InChI is InChI=1S/C16H22N2O3/c1-10(2)14(15(19)17-21)18(16(20)12-6-7-12)13-8-4-11(3)5-9-13/h4-5,8-10,12,14,21H,6-7H2,1-3H3,(H,17,19)/t14-/m1/s1. The molecule has 0 radical (unpaired) electrons. The van der Waals surface area contributed by atoms with Crippen molar-refractivity contribution < 1.29 is 14.8 Å². The van der Waals surface area contributed by atoms with Gasteiger partial charge in [0.05, 0.1) is 0 Å². The molecule has 0 heterocycles. The molecule has 0 spiro atoms. The summed E-state index contributed by atoms with van der Waals surface area (Å²) in [6.45, 7) is 5.69. The van der Waals surface area contributed by atoms with Crippen LogP contribution in [0.25, 0.3) is 0 Å². The number of anilines is 1. The molecule has 1 saturated carbocycles. The summed E-state index contributed by atoms with van der Waals surface area (Å²) in [5.74, 6) is -0.707. The predicted octanol–water partition coefficient (Wildman–Crippen LogP) is 2.27. The Morgan fingerprint density at radius 1 is 1.24 bits per heavy atom. The topological polar surface area (TPSA) is 69.6 Å². The van der Waals surface area contributed by atoms with Gasteiger partial charge in [0.2, 0.25) is 5.91 Å². The molecular weight excluding hydrogens is 268 g/mol. The fourth-order valence-corrected chi connectivity index (χ4v) is 2.44. The zero-order chi connectivity index (χ0) is 15.6. The van der Waals surface area contributed by atoms with Gasteiger partial charge in [0.25, 0.3) is 5.91 Å². The van der Waals surface area contributed by atoms with Crippen molar-refractivity contribution in [2.24, 2.45) is 11.8 Å². The lowest BCUT2D eigenvalue weighted by Gasteiger charge is -2.33. The van der Waals surface area contributed by atoms with Crippen molar-refractivity contribution in [3.8, 4) is 0 Å². The summed E-state index contributed by atoms with van der Waals surface area (Å²) in [7, 11) is 0. The van der Waals surface area contributed by atoms with E-state index >= 15 is 0 Å². The molecule has 0 unspecified atom stereocenters. The highest BCUT2D eigenvalue weighted by molar-refractivity contribution is 6.02. The van der Waals surface area contributed by atoms with E-state index in [0.717, 1.165) is 18.4 Å². The van der Waals surface area contributed by atoms with E-state index in [1.165, 1.54) is 4.90 Å². The minimum absolute atomic E-state index is 0.000883. The Labute approximate surface area is 124 Å². The minimum atomic E-state index is -0.717. The van der Waals surface area contributed by atoms with E-state index in [1.807, 2.05) is 45.0 Å². The molecule has 5 heteroatoms. The van der Waals surface area contributed by atoms with Crippen molar-refractivity contribution in [2.45, 2.75) is 39.7 Å². The Bertz CT molecular complexity index is 521. The Hall–Kier alpha value is -1.88. The molecule has 2 N–H and O–H groups in total. The zero-order valence-electron chi connectivity index (χ0n) is 12.7. The first-order valence-electron chi connectivity index (χ1n) is 7.29. The smallest absolute Gasteiger partial charge is 0.266 e. The van der Waals surface area contributed by atoms with Crippen LogP contribution in [0.5, 0.6) is 0 Å². The molecular formula is C16H22N2O3. The number of nitrogens with one attached hydrogen (secondary N) is 1. The number of benzene rings is 1. The van der Waals surface area contributed by atoms with Crippen LogP contribution in [-0.2, 0) is 9.59 Å². The molecule has 1 atom stereocenters. The largest absolute Gasteiger partial charge is 0.299 e. The lowest BCUT2D eigenvalue weighted by molar-refractivity contribution is -0.134. The Morgan fingerprint density at radius 3 is 2.24 bits per heavy atom. The van der Waals surface area contributed by atoms with E-state index < -0.39 is 11.9 Å². The van der Waals surface area contributed by atoms with Crippen LogP contribution in [-0.4, -0.2) is 23.1 Å². The van der Waals surface area contributed by atoms with Crippen molar-refractivity contribution in [1.82, 2.24) is 5.48 Å². The summed E-state index contributed by atoms with van der Waals surface area (Å²) in [5, 5.41) is 8.99. The third kappa shape index (κ3) is 3.42. The fraction of sp³-hybridized carbons (Fsp3) is 0.500. The Kier molecular flexibility index (Phi) is 4.63. The van der Waals surface area contributed by atoms with Gasteiger partial charge in [-0.15, -0.1) is 0 Å². The lowest BCUT2D eigenvalue weighted by atomic mass is 10.00. The summed E-state index contributed by atoms with van der Waals surface area (Å²) in [5.41, 5.74) is 3.47. The van der Waals surface area contributed by atoms with E-state index in [1.54, 1.807) is 5.48 Å². The number of carbonyl (C=O) groups excluding carboxylic acids is 2. The molecule has 0 aromatic heterocycles. The number of rotatable bonds is 5. The fourth-order valence-electron chi connectivity index (χ4n) is 2.44. The van der Waals surface area contributed by atoms with Gasteiger partial charge in [0, 0.05) is 11.6 Å². The molecule has 2 rings (SSSR count). The second kappa shape index (κ2) is 6.26. The van der Waals surface area contributed by atoms with Gasteiger partial charge >= 0.3 is 0 Å². The molecule has 0 aliphatic heterocycles. The van der Waals surface area contributed by atoms with Crippen LogP contribution < -0.4 is 10.4 Å². The predicted molar refractivity (Wildman–Crippen MR) is 79.9 cm³/mol. The lowest BCUT2D eigenvalue weighted by Crippen LogP contribution is -2.52. The van der Waals surface area contributed by atoms with Gasteiger partial charge in [-0.1, -0.05) is 31.5 Å². The zero-order valence-corrected chi connectivity index (χ0v) is 12.7. The van der Waals surface area contributed by atoms with Crippen molar-refractivity contribution in [1.29, 1.82) is 0 Å². The molecule has 0 bridgehead atoms. The third-order valence-corrected chi connectivity index (χ3v) is 3.76. The van der Waals surface area contributed by atoms with E-state index in [-0.39, 0.29) is 17.7 Å². The maximum Gasteiger partial charge on any atom is 0.266 e.